The molecule has 0 bridgehead atoms. The van der Waals surface area contributed by atoms with Crippen LogP contribution in [0.5, 0.6) is 5.75 Å². The topological polar surface area (TPSA) is 76.4 Å². The van der Waals surface area contributed by atoms with Gasteiger partial charge >= 0.3 is 0 Å². The summed E-state index contributed by atoms with van der Waals surface area (Å²) in [5.41, 5.74) is 2.52. The Kier molecular flexibility index (Phi) is 8.90. The summed E-state index contributed by atoms with van der Waals surface area (Å²) in [5.74, 6) is 3.46. The average molecular weight is 546 g/mol. The van der Waals surface area contributed by atoms with Gasteiger partial charge in [0.05, 0.1) is 12.6 Å². The third-order valence-corrected chi connectivity index (χ3v) is 5.61. The van der Waals surface area contributed by atoms with Crippen LogP contribution in [0.1, 0.15) is 41.7 Å². The SMILES string of the molecule is Cc1nnc(CN=C(NCCCc2ccccc2)NC2CCOc3ccccc32)n1C.I. The van der Waals surface area contributed by atoms with Crippen molar-refractivity contribution in [3.63, 3.8) is 0 Å². The first-order chi connectivity index (χ1) is 15.2. The number of halogens is 1. The number of hydrogen-bond donors (Lipinski definition) is 2. The first-order valence-corrected chi connectivity index (χ1v) is 10.9. The molecule has 0 saturated heterocycles. The maximum absolute atomic E-state index is 5.81. The second-order valence-electron chi connectivity index (χ2n) is 7.78. The number of guanidine groups is 1. The monoisotopic (exact) mass is 546 g/mol. The van der Waals surface area contributed by atoms with E-state index in [2.05, 4.69) is 63.3 Å². The highest BCUT2D eigenvalue weighted by Gasteiger charge is 2.22. The van der Waals surface area contributed by atoms with Crippen LogP contribution in [0.25, 0.3) is 0 Å². The van der Waals surface area contributed by atoms with E-state index in [4.69, 9.17) is 9.73 Å². The number of fused-ring (bicyclic) bond motifs is 1. The van der Waals surface area contributed by atoms with Gasteiger partial charge < -0.3 is 19.9 Å². The maximum atomic E-state index is 5.81. The Morgan fingerprint density at radius 1 is 1.12 bits per heavy atom. The summed E-state index contributed by atoms with van der Waals surface area (Å²) in [7, 11) is 1.97. The third-order valence-electron chi connectivity index (χ3n) is 5.61. The van der Waals surface area contributed by atoms with Crippen molar-refractivity contribution in [1.82, 2.24) is 25.4 Å². The molecule has 0 radical (unpaired) electrons. The van der Waals surface area contributed by atoms with E-state index in [-0.39, 0.29) is 30.0 Å². The smallest absolute Gasteiger partial charge is 0.192 e. The van der Waals surface area contributed by atoms with Crippen LogP contribution < -0.4 is 15.4 Å². The van der Waals surface area contributed by atoms with Gasteiger partial charge in [0.1, 0.15) is 18.1 Å². The van der Waals surface area contributed by atoms with Gasteiger partial charge in [-0.3, -0.25) is 0 Å². The lowest BCUT2D eigenvalue weighted by Gasteiger charge is -2.28. The van der Waals surface area contributed by atoms with Crippen molar-refractivity contribution in [2.45, 2.75) is 38.8 Å². The van der Waals surface area contributed by atoms with Crippen molar-refractivity contribution >= 4 is 29.9 Å². The van der Waals surface area contributed by atoms with Gasteiger partial charge in [-0.05, 0) is 31.4 Å². The summed E-state index contributed by atoms with van der Waals surface area (Å²) in [6.07, 6.45) is 2.95. The summed E-state index contributed by atoms with van der Waals surface area (Å²) in [6, 6.07) is 18.9. The van der Waals surface area contributed by atoms with Gasteiger partial charge in [-0.15, -0.1) is 34.2 Å². The summed E-state index contributed by atoms with van der Waals surface area (Å²) in [6.45, 7) is 3.94. The number of hydrogen-bond acceptors (Lipinski definition) is 4. The number of benzene rings is 2. The van der Waals surface area contributed by atoms with Crippen molar-refractivity contribution in [3.8, 4) is 5.75 Å². The zero-order valence-electron chi connectivity index (χ0n) is 18.6. The van der Waals surface area contributed by atoms with Crippen LogP contribution in [0, 0.1) is 6.92 Å². The van der Waals surface area contributed by atoms with Crippen LogP contribution in [0.15, 0.2) is 59.6 Å². The molecule has 1 unspecified atom stereocenters. The average Bonchev–Trinajstić information content (AvgIpc) is 3.13. The second-order valence-corrected chi connectivity index (χ2v) is 7.78. The number of para-hydroxylation sites is 1. The van der Waals surface area contributed by atoms with E-state index in [0.29, 0.717) is 13.2 Å². The number of aromatic nitrogens is 3. The molecular formula is C24H31IN6O. The van der Waals surface area contributed by atoms with Crippen molar-refractivity contribution < 1.29 is 4.74 Å². The lowest BCUT2D eigenvalue weighted by atomic mass is 10.0. The second kappa shape index (κ2) is 11.8. The lowest BCUT2D eigenvalue weighted by molar-refractivity contribution is 0.261. The highest BCUT2D eigenvalue weighted by molar-refractivity contribution is 14.0. The minimum Gasteiger partial charge on any atom is -0.493 e. The van der Waals surface area contributed by atoms with Crippen LogP contribution >= 0.6 is 24.0 Å². The number of aliphatic imine (C=N–C) groups is 1. The molecule has 1 atom stereocenters. The van der Waals surface area contributed by atoms with Gasteiger partial charge in [-0.2, -0.15) is 0 Å². The van der Waals surface area contributed by atoms with E-state index in [1.54, 1.807) is 0 Å². The lowest BCUT2D eigenvalue weighted by Crippen LogP contribution is -2.41. The summed E-state index contributed by atoms with van der Waals surface area (Å²) < 4.78 is 7.78. The molecule has 0 aliphatic carbocycles. The minimum absolute atomic E-state index is 0. The Hall–Kier alpha value is -2.62. The molecule has 1 aliphatic rings. The zero-order valence-corrected chi connectivity index (χ0v) is 21.0. The van der Waals surface area contributed by atoms with Crippen LogP contribution in [-0.4, -0.2) is 33.9 Å². The molecule has 2 heterocycles. The highest BCUT2D eigenvalue weighted by Crippen LogP contribution is 2.31. The van der Waals surface area contributed by atoms with E-state index in [9.17, 15) is 0 Å². The molecule has 0 amide bonds. The molecule has 2 N–H and O–H groups in total. The van der Waals surface area contributed by atoms with Crippen molar-refractivity contribution in [2.75, 3.05) is 13.2 Å². The zero-order chi connectivity index (χ0) is 21.5. The standard InChI is InChI=1S/C24H30N6O.HI/c1-18-28-29-23(30(18)2)17-26-24(25-15-8-11-19-9-4-3-5-10-19)27-21-14-16-31-22-13-7-6-12-20(21)22;/h3-7,9-10,12-13,21H,8,11,14-17H2,1-2H3,(H2,25,26,27);1H. The van der Waals surface area contributed by atoms with E-state index < -0.39 is 0 Å². The molecule has 0 saturated carbocycles. The fourth-order valence-electron chi connectivity index (χ4n) is 3.69. The quantitative estimate of drug-likeness (QED) is 0.203. The van der Waals surface area contributed by atoms with Crippen LogP contribution in [0.2, 0.25) is 0 Å². The Bertz CT molecular complexity index is 1020. The van der Waals surface area contributed by atoms with Crippen molar-refractivity contribution in [3.05, 3.63) is 77.4 Å². The number of nitrogens with zero attached hydrogens (tertiary/aromatic N) is 4. The van der Waals surface area contributed by atoms with Gasteiger partial charge in [0.2, 0.25) is 0 Å². The first-order valence-electron chi connectivity index (χ1n) is 10.9. The maximum Gasteiger partial charge on any atom is 0.192 e. The Labute approximate surface area is 206 Å². The first kappa shape index (κ1) is 24.0. The number of aryl methyl sites for hydroxylation is 2. The molecule has 2 aromatic carbocycles. The van der Waals surface area contributed by atoms with E-state index in [1.165, 1.54) is 11.1 Å². The van der Waals surface area contributed by atoms with Crippen molar-refractivity contribution in [1.29, 1.82) is 0 Å². The fourth-order valence-corrected chi connectivity index (χ4v) is 3.69. The molecule has 32 heavy (non-hydrogen) atoms. The Morgan fingerprint density at radius 3 is 2.69 bits per heavy atom. The molecule has 1 aliphatic heterocycles. The summed E-state index contributed by atoms with van der Waals surface area (Å²) >= 11 is 0. The summed E-state index contributed by atoms with van der Waals surface area (Å²) in [5, 5.41) is 15.5. The molecule has 7 nitrogen and oxygen atoms in total. The Morgan fingerprint density at radius 2 is 1.91 bits per heavy atom. The molecule has 8 heteroatoms. The van der Waals surface area contributed by atoms with Crippen LogP contribution in [-0.2, 0) is 20.0 Å². The molecule has 0 fully saturated rings. The minimum atomic E-state index is 0. The van der Waals surface area contributed by atoms with Crippen LogP contribution in [0.3, 0.4) is 0 Å². The number of ether oxygens (including phenoxy) is 1. The predicted octanol–water partition coefficient (Wildman–Crippen LogP) is 3.93. The van der Waals surface area contributed by atoms with E-state index in [1.807, 2.05) is 30.7 Å². The van der Waals surface area contributed by atoms with Crippen LogP contribution in [0.4, 0.5) is 0 Å². The normalized spacial score (nSPS) is 15.3. The van der Waals surface area contributed by atoms with Gasteiger partial charge in [0.15, 0.2) is 11.8 Å². The van der Waals surface area contributed by atoms with Gasteiger partial charge in [-0.1, -0.05) is 48.5 Å². The van der Waals surface area contributed by atoms with Gasteiger partial charge in [-0.25, -0.2) is 4.99 Å². The highest BCUT2D eigenvalue weighted by atomic mass is 127. The van der Waals surface area contributed by atoms with E-state index in [0.717, 1.165) is 49.2 Å². The van der Waals surface area contributed by atoms with Gasteiger partial charge in [0.25, 0.3) is 0 Å². The van der Waals surface area contributed by atoms with E-state index >= 15 is 0 Å². The molecule has 3 aromatic rings. The third kappa shape index (κ3) is 6.21. The molecule has 1 aromatic heterocycles. The van der Waals surface area contributed by atoms with Gasteiger partial charge in [0, 0.05) is 25.6 Å². The number of rotatable bonds is 7. The molecule has 0 spiro atoms. The Balaban J connectivity index is 0.00000289. The molecule has 4 rings (SSSR count). The largest absolute Gasteiger partial charge is 0.493 e. The number of nitrogens with one attached hydrogen (secondary N) is 2. The molecule has 170 valence electrons. The van der Waals surface area contributed by atoms with Crippen molar-refractivity contribution in [2.24, 2.45) is 12.0 Å². The fraction of sp³-hybridized carbons (Fsp3) is 0.375. The molecular weight excluding hydrogens is 515 g/mol. The summed E-state index contributed by atoms with van der Waals surface area (Å²) in [4.78, 5) is 4.81. The predicted molar refractivity (Wildman–Crippen MR) is 137 cm³/mol.